The molecular weight excluding hydrogens is 559 g/mol. The van der Waals surface area contributed by atoms with Crippen LogP contribution in [0.5, 0.6) is 0 Å². The van der Waals surface area contributed by atoms with E-state index in [1.165, 1.54) is 5.56 Å². The van der Waals surface area contributed by atoms with Crippen molar-refractivity contribution in [3.8, 4) is 0 Å². The molecule has 0 spiro atoms. The summed E-state index contributed by atoms with van der Waals surface area (Å²) in [5.74, 6) is 2.41. The second-order valence-electron chi connectivity index (χ2n) is 11.5. The van der Waals surface area contributed by atoms with Gasteiger partial charge in [0.2, 0.25) is 5.95 Å². The van der Waals surface area contributed by atoms with Crippen LogP contribution in [-0.2, 0) is 14.6 Å². The highest BCUT2D eigenvalue weighted by Gasteiger charge is 2.39. The van der Waals surface area contributed by atoms with Crippen LogP contribution in [0, 0.1) is 5.92 Å². The van der Waals surface area contributed by atoms with Crippen LogP contribution in [0.3, 0.4) is 0 Å². The van der Waals surface area contributed by atoms with Gasteiger partial charge in [-0.25, -0.2) is 22.8 Å². The largest absolute Gasteiger partial charge is 0.394 e. The van der Waals surface area contributed by atoms with Crippen LogP contribution in [0.2, 0.25) is 0 Å². The standard InChI is InChI=1S/C30H41FN6O4S/c1-5-42(39,40)18-21-16-37(20(21)4)26-7-6-22(19(2)3)23-14-29(33-15-24(23)26)34-28-8-10-32-30(35-28)36-11-9-27(25(31)17-36)41-13-12-38/h6-8,10,14-15,19-21,25,27,38H,5,9,11-13,16-18H2,1-4H3,(H,32,33,34,35)/t20-,21-,25-,27+/m1/s1. The number of sulfone groups is 1. The number of nitrogens with zero attached hydrogens (tertiary/aromatic N) is 5. The fourth-order valence-corrected chi connectivity index (χ4v) is 7.14. The number of rotatable bonds is 11. The van der Waals surface area contributed by atoms with Gasteiger partial charge >= 0.3 is 0 Å². The number of hydrogen-bond donors (Lipinski definition) is 2. The molecule has 2 N–H and O–H groups in total. The summed E-state index contributed by atoms with van der Waals surface area (Å²) in [6, 6.07) is 8.18. The molecule has 2 fully saturated rings. The van der Waals surface area contributed by atoms with Crippen molar-refractivity contribution in [3.63, 3.8) is 0 Å². The lowest BCUT2D eigenvalue weighted by molar-refractivity contribution is -0.0262. The highest BCUT2D eigenvalue weighted by atomic mass is 32.2. The van der Waals surface area contributed by atoms with Gasteiger partial charge in [-0.1, -0.05) is 26.8 Å². The van der Waals surface area contributed by atoms with Gasteiger partial charge in [-0.05, 0) is 48.4 Å². The van der Waals surface area contributed by atoms with Gasteiger partial charge in [0.1, 0.15) is 27.6 Å². The van der Waals surface area contributed by atoms with E-state index in [2.05, 4.69) is 53.1 Å². The molecule has 2 saturated heterocycles. The number of hydrogen-bond acceptors (Lipinski definition) is 10. The lowest BCUT2D eigenvalue weighted by Gasteiger charge is -2.48. The molecule has 42 heavy (non-hydrogen) atoms. The van der Waals surface area contributed by atoms with Crippen molar-refractivity contribution in [1.29, 1.82) is 0 Å². The summed E-state index contributed by atoms with van der Waals surface area (Å²) >= 11 is 0. The molecule has 2 aromatic heterocycles. The van der Waals surface area contributed by atoms with Crippen molar-refractivity contribution in [2.24, 2.45) is 5.92 Å². The van der Waals surface area contributed by atoms with E-state index in [0.717, 1.165) is 16.5 Å². The first-order valence-corrected chi connectivity index (χ1v) is 16.5. The molecule has 2 aliphatic rings. The van der Waals surface area contributed by atoms with E-state index in [1.807, 2.05) is 12.3 Å². The second-order valence-corrected chi connectivity index (χ2v) is 13.9. The maximum absolute atomic E-state index is 14.7. The third-order valence-electron chi connectivity index (χ3n) is 8.44. The number of pyridine rings is 1. The molecule has 10 nitrogen and oxygen atoms in total. The monoisotopic (exact) mass is 600 g/mol. The number of fused-ring (bicyclic) bond motifs is 1. The molecule has 0 bridgehead atoms. The normalized spacial score (nSPS) is 22.9. The highest BCUT2D eigenvalue weighted by Crippen LogP contribution is 2.39. The van der Waals surface area contributed by atoms with Crippen LogP contribution in [-0.4, -0.2) is 91.1 Å². The molecule has 0 radical (unpaired) electrons. The number of aliphatic hydroxyl groups excluding tert-OH is 1. The van der Waals surface area contributed by atoms with Gasteiger partial charge in [0.25, 0.3) is 0 Å². The maximum Gasteiger partial charge on any atom is 0.227 e. The van der Waals surface area contributed by atoms with Crippen molar-refractivity contribution in [2.75, 3.05) is 59.5 Å². The summed E-state index contributed by atoms with van der Waals surface area (Å²) in [5, 5.41) is 14.4. The number of anilines is 4. The van der Waals surface area contributed by atoms with Gasteiger partial charge < -0.3 is 25.0 Å². The van der Waals surface area contributed by atoms with Crippen LogP contribution >= 0.6 is 0 Å². The third kappa shape index (κ3) is 6.45. The van der Waals surface area contributed by atoms with Crippen molar-refractivity contribution in [2.45, 2.75) is 58.4 Å². The molecule has 5 rings (SSSR count). The highest BCUT2D eigenvalue weighted by molar-refractivity contribution is 7.91. The van der Waals surface area contributed by atoms with Crippen molar-refractivity contribution >= 4 is 43.9 Å². The number of nitrogens with one attached hydrogen (secondary N) is 1. The predicted octanol–water partition coefficient (Wildman–Crippen LogP) is 4.08. The Hall–Kier alpha value is -3.09. The summed E-state index contributed by atoms with van der Waals surface area (Å²) in [4.78, 5) is 17.8. The molecule has 12 heteroatoms. The average Bonchev–Trinajstić information content (AvgIpc) is 2.98. The van der Waals surface area contributed by atoms with Crippen LogP contribution in [0.1, 0.15) is 45.6 Å². The van der Waals surface area contributed by atoms with E-state index in [4.69, 9.17) is 14.8 Å². The van der Waals surface area contributed by atoms with Crippen molar-refractivity contribution in [1.82, 2.24) is 15.0 Å². The third-order valence-corrected chi connectivity index (χ3v) is 10.3. The molecule has 0 saturated carbocycles. The molecular formula is C30H41FN6O4S. The molecule has 3 aromatic rings. The molecule has 4 heterocycles. The Kier molecular flexibility index (Phi) is 9.14. The zero-order valence-corrected chi connectivity index (χ0v) is 25.5. The summed E-state index contributed by atoms with van der Waals surface area (Å²) in [7, 11) is -3.03. The van der Waals surface area contributed by atoms with Crippen LogP contribution in [0.15, 0.2) is 36.7 Å². The Bertz CT molecular complexity index is 1510. The number of ether oxygens (including phenoxy) is 1. The Morgan fingerprint density at radius 2 is 1.98 bits per heavy atom. The van der Waals surface area contributed by atoms with E-state index < -0.39 is 22.1 Å². The van der Waals surface area contributed by atoms with Gasteiger partial charge in [-0.3, -0.25) is 0 Å². The summed E-state index contributed by atoms with van der Waals surface area (Å²) < 4.78 is 44.5. The Morgan fingerprint density at radius 1 is 1.17 bits per heavy atom. The fourth-order valence-electron chi connectivity index (χ4n) is 5.87. The number of benzene rings is 1. The topological polar surface area (TPSA) is 121 Å². The van der Waals surface area contributed by atoms with Gasteiger partial charge in [0.15, 0.2) is 0 Å². The minimum Gasteiger partial charge on any atom is -0.394 e. The number of aromatic nitrogens is 3. The van der Waals surface area contributed by atoms with Gasteiger partial charge in [-0.2, -0.15) is 4.98 Å². The average molecular weight is 601 g/mol. The second kappa shape index (κ2) is 12.6. The molecule has 0 unspecified atom stereocenters. The number of alkyl halides is 1. The van der Waals surface area contributed by atoms with Crippen LogP contribution in [0.4, 0.5) is 27.7 Å². The van der Waals surface area contributed by atoms with Crippen LogP contribution in [0.25, 0.3) is 10.8 Å². The number of aliphatic hydroxyl groups is 1. The first kappa shape index (κ1) is 30.4. The smallest absolute Gasteiger partial charge is 0.227 e. The van der Waals surface area contributed by atoms with Gasteiger partial charge in [0.05, 0.1) is 31.6 Å². The van der Waals surface area contributed by atoms with Crippen molar-refractivity contribution < 1.29 is 22.7 Å². The predicted molar refractivity (Wildman–Crippen MR) is 164 cm³/mol. The molecule has 2 aliphatic heterocycles. The first-order chi connectivity index (χ1) is 20.1. The molecule has 1 aromatic carbocycles. The van der Waals surface area contributed by atoms with Crippen LogP contribution < -0.4 is 15.1 Å². The van der Waals surface area contributed by atoms with E-state index in [1.54, 1.807) is 24.1 Å². The Balaban J connectivity index is 1.35. The molecule has 0 amide bonds. The lowest BCUT2D eigenvalue weighted by atomic mass is 9.88. The molecule has 0 aliphatic carbocycles. The molecule has 228 valence electrons. The van der Waals surface area contributed by atoms with E-state index >= 15 is 0 Å². The first-order valence-electron chi connectivity index (χ1n) is 14.7. The van der Waals surface area contributed by atoms with E-state index in [-0.39, 0.29) is 49.1 Å². The maximum atomic E-state index is 14.7. The number of halogens is 1. The molecule has 4 atom stereocenters. The fraction of sp³-hybridized carbons (Fsp3) is 0.567. The quantitative estimate of drug-likeness (QED) is 0.333. The minimum atomic E-state index is -3.03. The summed E-state index contributed by atoms with van der Waals surface area (Å²) in [5.41, 5.74) is 2.25. The van der Waals surface area contributed by atoms with Gasteiger partial charge in [0, 0.05) is 54.3 Å². The lowest BCUT2D eigenvalue weighted by Crippen LogP contribution is -2.57. The SMILES string of the molecule is CCS(=O)(=O)C[C@H]1CN(c2ccc(C(C)C)c3cc(Nc4ccnc(N5CC[C@H](OCCO)[C@H](F)C5)n4)ncc23)[C@@H]1C. The van der Waals surface area contributed by atoms with Gasteiger partial charge in [-0.15, -0.1) is 0 Å². The zero-order chi connectivity index (χ0) is 30.0. The minimum absolute atomic E-state index is 0.113. The summed E-state index contributed by atoms with van der Waals surface area (Å²) in [6.07, 6.45) is 2.27. The number of piperidine rings is 1. The van der Waals surface area contributed by atoms with Crippen molar-refractivity contribution in [3.05, 3.63) is 42.2 Å². The zero-order valence-electron chi connectivity index (χ0n) is 24.7. The Morgan fingerprint density at radius 3 is 2.67 bits per heavy atom. The Labute approximate surface area is 247 Å². The van der Waals surface area contributed by atoms with E-state index in [9.17, 15) is 12.8 Å². The summed E-state index contributed by atoms with van der Waals surface area (Å²) in [6.45, 7) is 9.48. The van der Waals surface area contributed by atoms with E-state index in [0.29, 0.717) is 37.1 Å².